The molecule has 0 aliphatic heterocycles. The van der Waals surface area contributed by atoms with Crippen molar-refractivity contribution in [2.45, 2.75) is 122 Å². The maximum atomic E-state index is 13.0. The minimum absolute atomic E-state index is 0.0460. The first-order chi connectivity index (χ1) is 26.1. The van der Waals surface area contributed by atoms with E-state index in [4.69, 9.17) is 0 Å². The van der Waals surface area contributed by atoms with Crippen molar-refractivity contribution in [2.24, 2.45) is 29.6 Å². The molecule has 6 aliphatic carbocycles. The number of nitrogens with one attached hydrogen (secondary N) is 4. The first-order valence-electron chi connectivity index (χ1n) is 20.6. The van der Waals surface area contributed by atoms with Gasteiger partial charge in [-0.15, -0.1) is 22.7 Å². The fourth-order valence-corrected chi connectivity index (χ4v) is 10.7. The van der Waals surface area contributed by atoms with Gasteiger partial charge in [-0.1, -0.05) is 0 Å². The van der Waals surface area contributed by atoms with Crippen molar-refractivity contribution in [1.29, 1.82) is 0 Å². The number of hydrogen-bond acceptors (Lipinski definition) is 8. The average Bonchev–Trinajstić information content (AvgIpc) is 3.95. The van der Waals surface area contributed by atoms with Gasteiger partial charge in [-0.25, -0.2) is 0 Å². The molecule has 10 nitrogen and oxygen atoms in total. The Morgan fingerprint density at radius 3 is 1.65 bits per heavy atom. The standard InChI is InChI=1S/2C21H28N2O3S/c1-2-22-20(25)14-7-8-17-15(9-14)19(21(26)23-11-12-3-4-12)18(27-17)10-16(24)13-5-6-13;1-2-22-20(25)15-5-3-4-14-18(21(26)23-11-12-6-7-12)17(27-19(14)15)10-16(24)13-8-9-13/h12-14H,2-11H2,1H3,(H,22,25)(H,23,26);12-13,15H,2-11H2,1H3,(H,22,25)(H,23,26). The fourth-order valence-electron chi connectivity index (χ4n) is 7.90. The molecule has 54 heavy (non-hydrogen) atoms. The lowest BCUT2D eigenvalue weighted by atomic mass is 9.85. The Hall–Kier alpha value is -3.38. The Labute approximate surface area is 326 Å². The second kappa shape index (κ2) is 17.2. The SMILES string of the molecule is CCNC(=O)C1CCCc2c1sc(CC(=O)C1CC1)c2C(=O)NCC1CC1.CCNC(=O)C1CCc2sc(CC(=O)C3CC3)c(C(=O)NCC3CC3)c2C1. The molecule has 2 heterocycles. The van der Waals surface area contributed by atoms with Crippen LogP contribution in [0.3, 0.4) is 0 Å². The first-order valence-corrected chi connectivity index (χ1v) is 22.2. The van der Waals surface area contributed by atoms with Crippen molar-refractivity contribution in [2.75, 3.05) is 26.2 Å². The van der Waals surface area contributed by atoms with E-state index in [0.717, 1.165) is 96.6 Å². The van der Waals surface area contributed by atoms with E-state index in [1.165, 1.54) is 41.9 Å². The van der Waals surface area contributed by atoms with E-state index < -0.39 is 0 Å². The van der Waals surface area contributed by atoms with Crippen molar-refractivity contribution in [1.82, 2.24) is 21.3 Å². The zero-order valence-corrected chi connectivity index (χ0v) is 33.5. The number of rotatable bonds is 16. The van der Waals surface area contributed by atoms with Crippen LogP contribution in [0.1, 0.15) is 142 Å². The van der Waals surface area contributed by atoms with Crippen LogP contribution in [0, 0.1) is 29.6 Å². The Balaban J connectivity index is 0.000000167. The summed E-state index contributed by atoms with van der Waals surface area (Å²) in [7, 11) is 0. The monoisotopic (exact) mass is 776 g/mol. The van der Waals surface area contributed by atoms with E-state index >= 15 is 0 Å². The lowest BCUT2D eigenvalue weighted by Crippen LogP contribution is -2.34. The zero-order chi connectivity index (χ0) is 37.9. The van der Waals surface area contributed by atoms with Crippen LogP contribution in [0.2, 0.25) is 0 Å². The minimum atomic E-state index is -0.182. The van der Waals surface area contributed by atoms with Gasteiger partial charge in [-0.2, -0.15) is 0 Å². The molecule has 2 aromatic heterocycles. The molecule has 0 spiro atoms. The molecule has 8 rings (SSSR count). The number of carbonyl (C=O) groups excluding carboxylic acids is 6. The summed E-state index contributed by atoms with van der Waals surface area (Å²) in [5.41, 5.74) is 3.46. The summed E-state index contributed by atoms with van der Waals surface area (Å²) in [5.74, 6) is 1.91. The Morgan fingerprint density at radius 1 is 0.574 bits per heavy atom. The highest BCUT2D eigenvalue weighted by molar-refractivity contribution is 7.13. The second-order valence-electron chi connectivity index (χ2n) is 16.4. The molecule has 2 atom stereocenters. The summed E-state index contributed by atoms with van der Waals surface area (Å²) in [6.07, 6.45) is 14.2. The van der Waals surface area contributed by atoms with Gasteiger partial charge in [0, 0.05) is 76.3 Å². The van der Waals surface area contributed by atoms with Gasteiger partial charge in [-0.05, 0) is 127 Å². The van der Waals surface area contributed by atoms with E-state index in [0.29, 0.717) is 55.3 Å². The molecule has 4 amide bonds. The first kappa shape index (κ1) is 38.9. The maximum absolute atomic E-state index is 13.0. The van der Waals surface area contributed by atoms with E-state index in [1.54, 1.807) is 11.3 Å². The van der Waals surface area contributed by atoms with Crippen molar-refractivity contribution in [3.8, 4) is 0 Å². The van der Waals surface area contributed by atoms with Gasteiger partial charge < -0.3 is 21.3 Å². The highest BCUT2D eigenvalue weighted by atomic mass is 32.1. The van der Waals surface area contributed by atoms with E-state index in [1.807, 2.05) is 13.8 Å². The van der Waals surface area contributed by atoms with Gasteiger partial charge in [-0.3, -0.25) is 28.8 Å². The molecule has 0 aromatic carbocycles. The summed E-state index contributed by atoms with van der Waals surface area (Å²) in [5, 5.41) is 12.0. The number of hydrogen-bond donors (Lipinski definition) is 4. The third-order valence-electron chi connectivity index (χ3n) is 11.8. The number of carbonyl (C=O) groups is 6. The van der Waals surface area contributed by atoms with Crippen LogP contribution in [0.5, 0.6) is 0 Å². The summed E-state index contributed by atoms with van der Waals surface area (Å²) in [4.78, 5) is 79.7. The topological polar surface area (TPSA) is 151 Å². The number of ketones is 2. The van der Waals surface area contributed by atoms with Crippen molar-refractivity contribution in [3.63, 3.8) is 0 Å². The van der Waals surface area contributed by atoms with Gasteiger partial charge in [0.25, 0.3) is 11.8 Å². The van der Waals surface area contributed by atoms with Gasteiger partial charge >= 0.3 is 0 Å². The minimum Gasteiger partial charge on any atom is -0.356 e. The lowest BCUT2D eigenvalue weighted by Gasteiger charge is -2.22. The van der Waals surface area contributed by atoms with Crippen LogP contribution in [0.4, 0.5) is 0 Å². The second-order valence-corrected chi connectivity index (χ2v) is 18.7. The largest absolute Gasteiger partial charge is 0.356 e. The zero-order valence-electron chi connectivity index (χ0n) is 31.9. The molecule has 2 aromatic rings. The molecule has 0 bridgehead atoms. The molecule has 4 N–H and O–H groups in total. The van der Waals surface area contributed by atoms with Crippen LogP contribution in [-0.2, 0) is 51.3 Å². The van der Waals surface area contributed by atoms with Crippen molar-refractivity contribution >= 4 is 57.9 Å². The molecule has 4 fully saturated rings. The fraction of sp³-hybridized carbons (Fsp3) is 0.667. The van der Waals surface area contributed by atoms with Gasteiger partial charge in [0.2, 0.25) is 11.8 Å². The number of Topliss-reactive ketones (excluding diaryl/α,β-unsaturated/α-hetero) is 2. The van der Waals surface area contributed by atoms with Gasteiger partial charge in [0.1, 0.15) is 11.6 Å². The Morgan fingerprint density at radius 2 is 1.11 bits per heavy atom. The van der Waals surface area contributed by atoms with E-state index in [9.17, 15) is 28.8 Å². The van der Waals surface area contributed by atoms with Crippen molar-refractivity contribution < 1.29 is 28.8 Å². The van der Waals surface area contributed by atoms with Gasteiger partial charge in [0.15, 0.2) is 0 Å². The number of likely N-dealkylation sites (N-methyl/N-ethyl adjacent to an activating group) is 1. The number of aryl methyl sites for hydroxylation is 1. The van der Waals surface area contributed by atoms with Crippen LogP contribution in [-0.4, -0.2) is 61.4 Å². The quantitative estimate of drug-likeness (QED) is 0.174. The Bertz CT molecular complexity index is 1780. The summed E-state index contributed by atoms with van der Waals surface area (Å²) in [6, 6.07) is 0. The molecular weight excluding hydrogens is 721 g/mol. The average molecular weight is 777 g/mol. The molecule has 0 saturated heterocycles. The molecule has 0 radical (unpaired) electrons. The molecule has 2 unspecified atom stereocenters. The summed E-state index contributed by atoms with van der Waals surface area (Å²) >= 11 is 3.16. The third-order valence-corrected chi connectivity index (χ3v) is 14.4. The molecule has 4 saturated carbocycles. The number of thiophene rings is 2. The number of amides is 4. The van der Waals surface area contributed by atoms with Crippen molar-refractivity contribution in [3.05, 3.63) is 41.8 Å². The Kier molecular flexibility index (Phi) is 12.4. The molecule has 292 valence electrons. The summed E-state index contributed by atoms with van der Waals surface area (Å²) < 4.78 is 0. The highest BCUT2D eigenvalue weighted by Gasteiger charge is 2.38. The predicted molar refractivity (Wildman–Crippen MR) is 210 cm³/mol. The highest BCUT2D eigenvalue weighted by Crippen LogP contribution is 2.43. The molecule has 12 heteroatoms. The van der Waals surface area contributed by atoms with Crippen LogP contribution in [0.25, 0.3) is 0 Å². The smallest absolute Gasteiger partial charge is 0.252 e. The normalized spacial score (nSPS) is 21.4. The predicted octanol–water partition coefficient (Wildman–Crippen LogP) is 5.62. The maximum Gasteiger partial charge on any atom is 0.252 e. The molecule has 6 aliphatic rings. The summed E-state index contributed by atoms with van der Waals surface area (Å²) in [6.45, 7) is 6.53. The van der Waals surface area contributed by atoms with E-state index in [-0.39, 0.29) is 58.9 Å². The van der Waals surface area contributed by atoms with Crippen LogP contribution in [0.15, 0.2) is 0 Å². The van der Waals surface area contributed by atoms with Gasteiger partial charge in [0.05, 0.1) is 17.0 Å². The lowest BCUT2D eigenvalue weighted by molar-refractivity contribution is -0.125. The van der Waals surface area contributed by atoms with Crippen LogP contribution >= 0.6 is 22.7 Å². The van der Waals surface area contributed by atoms with Crippen LogP contribution < -0.4 is 21.3 Å². The molecular formula is C42H56N4O6S2. The van der Waals surface area contributed by atoms with E-state index in [2.05, 4.69) is 21.3 Å². The third kappa shape index (κ3) is 9.52. The number of fused-ring (bicyclic) bond motifs is 2.